The van der Waals surface area contributed by atoms with Crippen molar-refractivity contribution < 1.29 is 19.4 Å². The first kappa shape index (κ1) is 33.1. The van der Waals surface area contributed by atoms with Crippen molar-refractivity contribution in [3.8, 4) is 0 Å². The molecule has 1 heterocycles. The standard InChI is InChI=1S/C32H55NO4Se/c1-7-8-9-10-11-12-13-14-15-16-17-21-24-28(38-26-22-19-18-20-23-26)29(34)27-25-36-32(5,6)33(27)30(35)37-31(2,3)4/h18-20,22-23,27-29,34H,7-17,21,24-25H2,1-6H3/t27-,28-,29-/m0/s1. The molecular weight excluding hydrogens is 541 g/mol. The molecule has 218 valence electrons. The summed E-state index contributed by atoms with van der Waals surface area (Å²) in [6.07, 6.45) is 15.7. The predicted octanol–water partition coefficient (Wildman–Crippen LogP) is 7.63. The number of hydrogen-bond donors (Lipinski definition) is 1. The van der Waals surface area contributed by atoms with E-state index in [1.54, 1.807) is 4.90 Å². The topological polar surface area (TPSA) is 59.0 Å². The predicted molar refractivity (Wildman–Crippen MR) is 159 cm³/mol. The maximum absolute atomic E-state index is 13.2. The molecule has 0 spiro atoms. The summed E-state index contributed by atoms with van der Waals surface area (Å²) in [5.41, 5.74) is -1.41. The summed E-state index contributed by atoms with van der Waals surface area (Å²) in [7, 11) is 0. The Kier molecular flexibility index (Phi) is 14.7. The quantitative estimate of drug-likeness (QED) is 0.148. The summed E-state index contributed by atoms with van der Waals surface area (Å²) >= 11 is 0.102. The summed E-state index contributed by atoms with van der Waals surface area (Å²) in [6.45, 7) is 12.0. The van der Waals surface area contributed by atoms with Crippen molar-refractivity contribution in [1.29, 1.82) is 0 Å². The first-order valence-corrected chi connectivity index (χ1v) is 17.0. The fourth-order valence-electron chi connectivity index (χ4n) is 5.16. The molecule has 1 aliphatic heterocycles. The van der Waals surface area contributed by atoms with Crippen molar-refractivity contribution in [3.63, 3.8) is 0 Å². The van der Waals surface area contributed by atoms with Crippen LogP contribution < -0.4 is 4.46 Å². The van der Waals surface area contributed by atoms with Crippen molar-refractivity contribution in [2.24, 2.45) is 0 Å². The van der Waals surface area contributed by atoms with Crippen molar-refractivity contribution >= 4 is 25.5 Å². The molecule has 0 aliphatic carbocycles. The zero-order chi connectivity index (χ0) is 28.0. The average Bonchev–Trinajstić information content (AvgIpc) is 3.18. The van der Waals surface area contributed by atoms with E-state index >= 15 is 0 Å². The Morgan fingerprint density at radius 1 is 1.00 bits per heavy atom. The monoisotopic (exact) mass is 597 g/mol. The normalized spacial score (nSPS) is 18.9. The van der Waals surface area contributed by atoms with Crippen LogP contribution in [-0.2, 0) is 9.47 Å². The molecule has 5 nitrogen and oxygen atoms in total. The Morgan fingerprint density at radius 3 is 2.05 bits per heavy atom. The summed E-state index contributed by atoms with van der Waals surface area (Å²) in [5.74, 6) is 0. The van der Waals surface area contributed by atoms with E-state index in [0.29, 0.717) is 6.61 Å². The van der Waals surface area contributed by atoms with E-state index in [0.717, 1.165) is 12.8 Å². The fourth-order valence-corrected chi connectivity index (χ4v) is 7.82. The Balaban J connectivity index is 1.90. The fraction of sp³-hybridized carbons (Fsp3) is 0.781. The van der Waals surface area contributed by atoms with E-state index < -0.39 is 29.6 Å². The van der Waals surface area contributed by atoms with Crippen molar-refractivity contribution in [2.45, 2.75) is 153 Å². The van der Waals surface area contributed by atoms with Crippen LogP contribution in [0.2, 0.25) is 4.82 Å². The second-order valence-electron chi connectivity index (χ2n) is 12.3. The molecule has 1 aromatic rings. The van der Waals surface area contributed by atoms with Gasteiger partial charge in [-0.1, -0.05) is 19.8 Å². The Labute approximate surface area is 239 Å². The number of amides is 1. The summed E-state index contributed by atoms with van der Waals surface area (Å²) in [4.78, 5) is 14.9. The van der Waals surface area contributed by atoms with E-state index in [1.165, 1.54) is 75.1 Å². The summed E-state index contributed by atoms with van der Waals surface area (Å²) < 4.78 is 13.0. The van der Waals surface area contributed by atoms with E-state index in [9.17, 15) is 9.90 Å². The first-order valence-electron chi connectivity index (χ1n) is 15.1. The molecule has 1 aromatic carbocycles. The zero-order valence-electron chi connectivity index (χ0n) is 25.0. The number of aliphatic hydroxyl groups is 1. The van der Waals surface area contributed by atoms with Gasteiger partial charge in [0.25, 0.3) is 0 Å². The van der Waals surface area contributed by atoms with Gasteiger partial charge in [-0.2, -0.15) is 0 Å². The number of carbonyl (C=O) groups excluding carboxylic acids is 1. The molecule has 1 aliphatic rings. The van der Waals surface area contributed by atoms with Crippen molar-refractivity contribution in [1.82, 2.24) is 4.90 Å². The van der Waals surface area contributed by atoms with Crippen LogP contribution in [0.4, 0.5) is 4.79 Å². The molecule has 38 heavy (non-hydrogen) atoms. The van der Waals surface area contributed by atoms with Gasteiger partial charge in [0.05, 0.1) is 0 Å². The second kappa shape index (κ2) is 16.9. The van der Waals surface area contributed by atoms with Gasteiger partial charge in [0, 0.05) is 0 Å². The average molecular weight is 597 g/mol. The molecular formula is C32H55NO4Se. The molecule has 0 aromatic heterocycles. The van der Waals surface area contributed by atoms with Crippen molar-refractivity contribution in [3.05, 3.63) is 30.3 Å². The van der Waals surface area contributed by atoms with Gasteiger partial charge < -0.3 is 0 Å². The number of rotatable bonds is 17. The van der Waals surface area contributed by atoms with Gasteiger partial charge in [0.15, 0.2) is 0 Å². The first-order chi connectivity index (χ1) is 18.0. The molecule has 3 atom stereocenters. The van der Waals surface area contributed by atoms with Crippen LogP contribution in [0.15, 0.2) is 30.3 Å². The van der Waals surface area contributed by atoms with E-state index in [4.69, 9.17) is 9.47 Å². The molecule has 1 N–H and O–H groups in total. The van der Waals surface area contributed by atoms with Crippen LogP contribution in [0, 0.1) is 0 Å². The number of unbranched alkanes of at least 4 members (excludes halogenated alkanes) is 11. The molecule has 0 bridgehead atoms. The molecule has 6 heteroatoms. The van der Waals surface area contributed by atoms with Gasteiger partial charge >= 0.3 is 220 Å². The molecule has 2 rings (SSSR count). The van der Waals surface area contributed by atoms with E-state index in [2.05, 4.69) is 31.2 Å². The molecule has 1 saturated heterocycles. The van der Waals surface area contributed by atoms with Crippen molar-refractivity contribution in [2.75, 3.05) is 6.61 Å². The van der Waals surface area contributed by atoms with Crippen LogP contribution in [-0.4, -0.2) is 61.1 Å². The van der Waals surface area contributed by atoms with Crippen LogP contribution in [0.3, 0.4) is 0 Å². The van der Waals surface area contributed by atoms with Gasteiger partial charge in [-0.3, -0.25) is 0 Å². The Bertz CT molecular complexity index is 779. The molecule has 1 amide bonds. The maximum atomic E-state index is 13.2. The third-order valence-corrected chi connectivity index (χ3v) is 10.1. The van der Waals surface area contributed by atoms with Crippen LogP contribution >= 0.6 is 0 Å². The third kappa shape index (κ3) is 12.0. The van der Waals surface area contributed by atoms with Gasteiger partial charge in [-0.15, -0.1) is 0 Å². The molecule has 1 fully saturated rings. The van der Waals surface area contributed by atoms with E-state index in [1.807, 2.05) is 40.7 Å². The van der Waals surface area contributed by atoms with Crippen LogP contribution in [0.1, 0.15) is 125 Å². The van der Waals surface area contributed by atoms with Gasteiger partial charge in [-0.25, -0.2) is 0 Å². The van der Waals surface area contributed by atoms with Crippen LogP contribution in [0.5, 0.6) is 0 Å². The number of aliphatic hydroxyl groups excluding tert-OH is 1. The number of carbonyl (C=O) groups is 1. The zero-order valence-corrected chi connectivity index (χ0v) is 26.8. The minimum atomic E-state index is -0.811. The minimum absolute atomic E-state index is 0.102. The summed E-state index contributed by atoms with van der Waals surface area (Å²) in [5, 5.41) is 11.7. The SMILES string of the molecule is CCCCCCCCCCCCCC[C@H]([Se]c1ccccc1)[C@@H](O)[C@@H]1COC(C)(C)N1C(=O)OC(C)(C)C. The van der Waals surface area contributed by atoms with Crippen LogP contribution in [0.25, 0.3) is 0 Å². The number of ether oxygens (including phenoxy) is 2. The van der Waals surface area contributed by atoms with Gasteiger partial charge in [-0.05, 0) is 0 Å². The number of hydrogen-bond acceptors (Lipinski definition) is 4. The molecule has 0 saturated carbocycles. The number of nitrogens with zero attached hydrogens (tertiary/aromatic N) is 1. The third-order valence-electron chi connectivity index (χ3n) is 7.26. The Morgan fingerprint density at radius 2 is 1.53 bits per heavy atom. The number of benzene rings is 1. The summed E-state index contributed by atoms with van der Waals surface area (Å²) in [6, 6.07) is 10.1. The van der Waals surface area contributed by atoms with E-state index in [-0.39, 0.29) is 19.8 Å². The van der Waals surface area contributed by atoms with Gasteiger partial charge in [0.2, 0.25) is 0 Å². The molecule has 0 unspecified atom stereocenters. The Hall–Kier alpha value is -1.07. The van der Waals surface area contributed by atoms with Gasteiger partial charge in [0.1, 0.15) is 0 Å². The molecule has 0 radical (unpaired) electrons. The second-order valence-corrected chi connectivity index (χ2v) is 15.1.